The third-order valence-corrected chi connectivity index (χ3v) is 4.55. The van der Waals surface area contributed by atoms with Crippen LogP contribution in [0.3, 0.4) is 0 Å². The summed E-state index contributed by atoms with van der Waals surface area (Å²) in [4.78, 5) is 4.36. The van der Waals surface area contributed by atoms with E-state index in [0.29, 0.717) is 11.2 Å². The standard InChI is InChI=1S/C12H20N2OS/c1-9-8-15-12(14-9)16-11-6-4-2-3-5-10(11)7-13/h8,10-11H,2-7,13H2,1H3. The molecule has 2 rings (SSSR count). The van der Waals surface area contributed by atoms with E-state index in [1.165, 1.54) is 32.1 Å². The molecule has 0 aliphatic heterocycles. The second-order valence-corrected chi connectivity index (χ2v) is 5.74. The highest BCUT2D eigenvalue weighted by Crippen LogP contribution is 2.35. The fourth-order valence-corrected chi connectivity index (χ4v) is 3.57. The lowest BCUT2D eigenvalue weighted by molar-refractivity contribution is 0.442. The summed E-state index contributed by atoms with van der Waals surface area (Å²) in [6.45, 7) is 2.75. The Balaban J connectivity index is 1.99. The zero-order valence-electron chi connectivity index (χ0n) is 9.82. The van der Waals surface area contributed by atoms with Crippen LogP contribution in [0.5, 0.6) is 0 Å². The maximum absolute atomic E-state index is 5.86. The molecule has 1 heterocycles. The van der Waals surface area contributed by atoms with Crippen molar-refractivity contribution in [1.82, 2.24) is 4.98 Å². The molecule has 1 aromatic rings. The molecule has 0 spiro atoms. The van der Waals surface area contributed by atoms with Gasteiger partial charge in [-0.05, 0) is 32.2 Å². The number of oxazole rings is 1. The lowest BCUT2D eigenvalue weighted by Gasteiger charge is -2.21. The molecule has 0 saturated heterocycles. The number of aromatic nitrogens is 1. The van der Waals surface area contributed by atoms with Crippen LogP contribution >= 0.6 is 11.8 Å². The predicted molar refractivity (Wildman–Crippen MR) is 66.5 cm³/mol. The van der Waals surface area contributed by atoms with Crippen molar-refractivity contribution in [3.05, 3.63) is 12.0 Å². The van der Waals surface area contributed by atoms with Crippen LogP contribution in [0.25, 0.3) is 0 Å². The first-order valence-electron chi connectivity index (χ1n) is 6.08. The van der Waals surface area contributed by atoms with E-state index in [0.717, 1.165) is 17.5 Å². The number of nitrogens with zero attached hydrogens (tertiary/aromatic N) is 1. The highest BCUT2D eigenvalue weighted by Gasteiger charge is 2.25. The van der Waals surface area contributed by atoms with E-state index in [2.05, 4.69) is 4.98 Å². The quantitative estimate of drug-likeness (QED) is 0.825. The van der Waals surface area contributed by atoms with Crippen LogP contribution in [0.15, 0.2) is 15.9 Å². The van der Waals surface area contributed by atoms with Crippen molar-refractivity contribution in [3.8, 4) is 0 Å². The van der Waals surface area contributed by atoms with Gasteiger partial charge >= 0.3 is 0 Å². The summed E-state index contributed by atoms with van der Waals surface area (Å²) in [5, 5.41) is 1.40. The van der Waals surface area contributed by atoms with Crippen molar-refractivity contribution in [3.63, 3.8) is 0 Å². The molecule has 4 heteroatoms. The minimum absolute atomic E-state index is 0.588. The van der Waals surface area contributed by atoms with Gasteiger partial charge in [-0.2, -0.15) is 0 Å². The number of nitrogens with two attached hydrogens (primary N) is 1. The third kappa shape index (κ3) is 3.01. The van der Waals surface area contributed by atoms with Crippen LogP contribution in [0.1, 0.15) is 37.8 Å². The molecule has 1 fully saturated rings. The van der Waals surface area contributed by atoms with Crippen molar-refractivity contribution >= 4 is 11.8 Å². The van der Waals surface area contributed by atoms with E-state index in [9.17, 15) is 0 Å². The highest BCUT2D eigenvalue weighted by atomic mass is 32.2. The number of hydrogen-bond acceptors (Lipinski definition) is 4. The second-order valence-electron chi connectivity index (χ2n) is 4.54. The average molecular weight is 240 g/mol. The molecule has 2 N–H and O–H groups in total. The SMILES string of the molecule is Cc1coc(SC2CCCCCC2CN)n1. The van der Waals surface area contributed by atoms with Crippen LogP contribution in [0.2, 0.25) is 0 Å². The Bertz CT molecular complexity index is 327. The monoisotopic (exact) mass is 240 g/mol. The summed E-state index contributed by atoms with van der Waals surface area (Å²) in [7, 11) is 0. The Kier molecular flexibility index (Phi) is 4.29. The fraction of sp³-hybridized carbons (Fsp3) is 0.750. The van der Waals surface area contributed by atoms with Gasteiger partial charge in [0.15, 0.2) is 0 Å². The number of thioether (sulfide) groups is 1. The third-order valence-electron chi connectivity index (χ3n) is 3.24. The first kappa shape index (κ1) is 12.0. The van der Waals surface area contributed by atoms with Gasteiger partial charge in [0.25, 0.3) is 5.22 Å². The lowest BCUT2D eigenvalue weighted by Crippen LogP contribution is -2.24. The van der Waals surface area contributed by atoms with Crippen LogP contribution in [-0.2, 0) is 0 Å². The smallest absolute Gasteiger partial charge is 0.256 e. The molecular weight excluding hydrogens is 220 g/mol. The molecule has 16 heavy (non-hydrogen) atoms. The predicted octanol–water partition coefficient (Wildman–Crippen LogP) is 2.98. The second kappa shape index (κ2) is 5.73. The van der Waals surface area contributed by atoms with Crippen molar-refractivity contribution in [2.75, 3.05) is 6.54 Å². The average Bonchev–Trinajstić information content (AvgIpc) is 2.56. The van der Waals surface area contributed by atoms with Crippen molar-refractivity contribution in [2.24, 2.45) is 11.7 Å². The van der Waals surface area contributed by atoms with Gasteiger partial charge in [-0.3, -0.25) is 0 Å². The fourth-order valence-electron chi connectivity index (χ4n) is 2.29. The van der Waals surface area contributed by atoms with Crippen molar-refractivity contribution < 1.29 is 4.42 Å². The first-order chi connectivity index (χ1) is 7.79. The molecule has 1 aromatic heterocycles. The normalized spacial score (nSPS) is 26.6. The molecule has 2 unspecified atom stereocenters. The maximum atomic E-state index is 5.86. The molecule has 0 aromatic carbocycles. The van der Waals surface area contributed by atoms with Gasteiger partial charge in [0, 0.05) is 5.25 Å². The molecule has 1 aliphatic carbocycles. The van der Waals surface area contributed by atoms with Gasteiger partial charge in [-0.25, -0.2) is 4.98 Å². The van der Waals surface area contributed by atoms with Crippen molar-refractivity contribution in [2.45, 2.75) is 49.5 Å². The van der Waals surface area contributed by atoms with E-state index < -0.39 is 0 Å². The van der Waals surface area contributed by atoms with Crippen LogP contribution in [0, 0.1) is 12.8 Å². The number of hydrogen-bond donors (Lipinski definition) is 1. The van der Waals surface area contributed by atoms with Crippen LogP contribution in [0.4, 0.5) is 0 Å². The summed E-state index contributed by atoms with van der Waals surface area (Å²) >= 11 is 1.77. The number of rotatable bonds is 3. The molecule has 3 nitrogen and oxygen atoms in total. The molecule has 0 bridgehead atoms. The summed E-state index contributed by atoms with van der Waals surface area (Å²) in [5.74, 6) is 0.625. The van der Waals surface area contributed by atoms with E-state index in [1.54, 1.807) is 18.0 Å². The zero-order valence-corrected chi connectivity index (χ0v) is 10.6. The summed E-state index contributed by atoms with van der Waals surface area (Å²) < 4.78 is 5.41. The molecular formula is C12H20N2OS. The minimum atomic E-state index is 0.588. The molecule has 1 aliphatic rings. The maximum Gasteiger partial charge on any atom is 0.256 e. The Morgan fingerprint density at radius 1 is 1.44 bits per heavy atom. The van der Waals surface area contributed by atoms with Gasteiger partial charge in [-0.1, -0.05) is 31.0 Å². The Hall–Kier alpha value is -0.480. The highest BCUT2D eigenvalue weighted by molar-refractivity contribution is 7.99. The molecule has 2 atom stereocenters. The van der Waals surface area contributed by atoms with E-state index in [4.69, 9.17) is 10.2 Å². The summed E-state index contributed by atoms with van der Waals surface area (Å²) in [6, 6.07) is 0. The topological polar surface area (TPSA) is 52.0 Å². The van der Waals surface area contributed by atoms with Gasteiger partial charge in [0.1, 0.15) is 6.26 Å². The molecule has 0 amide bonds. The van der Waals surface area contributed by atoms with Crippen LogP contribution < -0.4 is 5.73 Å². The summed E-state index contributed by atoms with van der Waals surface area (Å²) in [6.07, 6.45) is 8.20. The minimum Gasteiger partial charge on any atom is -0.440 e. The first-order valence-corrected chi connectivity index (χ1v) is 6.96. The number of aryl methyl sites for hydroxylation is 1. The molecule has 90 valence electrons. The van der Waals surface area contributed by atoms with E-state index >= 15 is 0 Å². The van der Waals surface area contributed by atoms with Crippen molar-refractivity contribution in [1.29, 1.82) is 0 Å². The zero-order chi connectivity index (χ0) is 11.4. The molecule has 1 saturated carbocycles. The van der Waals surface area contributed by atoms with E-state index in [1.807, 2.05) is 6.92 Å². The Morgan fingerprint density at radius 3 is 2.94 bits per heavy atom. The lowest BCUT2D eigenvalue weighted by atomic mass is 10.0. The summed E-state index contributed by atoms with van der Waals surface area (Å²) in [5.41, 5.74) is 6.82. The largest absolute Gasteiger partial charge is 0.440 e. The van der Waals surface area contributed by atoms with Gasteiger partial charge < -0.3 is 10.2 Å². The Morgan fingerprint density at radius 2 is 2.25 bits per heavy atom. The molecule has 0 radical (unpaired) electrons. The van der Waals surface area contributed by atoms with Gasteiger partial charge in [0.05, 0.1) is 5.69 Å². The Labute approximate surface area is 101 Å². The van der Waals surface area contributed by atoms with E-state index in [-0.39, 0.29) is 0 Å². The van der Waals surface area contributed by atoms with Gasteiger partial charge in [0.2, 0.25) is 0 Å². The van der Waals surface area contributed by atoms with Gasteiger partial charge in [-0.15, -0.1) is 0 Å². The van der Waals surface area contributed by atoms with Crippen LogP contribution in [-0.4, -0.2) is 16.8 Å².